The van der Waals surface area contributed by atoms with E-state index in [1.165, 1.54) is 6.07 Å². The van der Waals surface area contributed by atoms with Crippen molar-refractivity contribution in [2.45, 2.75) is 19.4 Å². The average molecular weight is 206 g/mol. The fourth-order valence-corrected chi connectivity index (χ4v) is 1.59. The predicted octanol–water partition coefficient (Wildman–Crippen LogP) is 2.43. The Hall–Kier alpha value is -1.91. The normalized spacial score (nSPS) is 19.5. The van der Waals surface area contributed by atoms with Gasteiger partial charge in [-0.25, -0.2) is 0 Å². The Morgan fingerprint density at radius 1 is 1.53 bits per heavy atom. The van der Waals surface area contributed by atoms with E-state index in [0.717, 1.165) is 5.71 Å². The van der Waals surface area contributed by atoms with Crippen LogP contribution in [0.4, 0.5) is 5.69 Å². The molecule has 1 aromatic rings. The van der Waals surface area contributed by atoms with Gasteiger partial charge in [-0.3, -0.25) is 10.1 Å². The van der Waals surface area contributed by atoms with Crippen molar-refractivity contribution in [2.24, 2.45) is 5.16 Å². The maximum atomic E-state index is 10.8. The van der Waals surface area contributed by atoms with E-state index in [1.807, 2.05) is 6.92 Å². The summed E-state index contributed by atoms with van der Waals surface area (Å²) >= 11 is 0. The van der Waals surface area contributed by atoms with Crippen LogP contribution in [0.2, 0.25) is 0 Å². The number of nitrogens with zero attached hydrogens (tertiary/aromatic N) is 2. The number of rotatable bonds is 2. The van der Waals surface area contributed by atoms with Gasteiger partial charge in [0.05, 0.1) is 16.2 Å². The fourth-order valence-electron chi connectivity index (χ4n) is 1.59. The first-order valence-electron chi connectivity index (χ1n) is 4.61. The molecule has 0 aromatic heterocycles. The van der Waals surface area contributed by atoms with E-state index in [1.54, 1.807) is 18.2 Å². The Labute approximate surface area is 86.5 Å². The molecule has 0 saturated carbocycles. The first-order chi connectivity index (χ1) is 7.18. The molecule has 5 nitrogen and oxygen atoms in total. The summed E-state index contributed by atoms with van der Waals surface area (Å²) in [6.45, 7) is 1.84. The Morgan fingerprint density at radius 2 is 2.27 bits per heavy atom. The molecule has 15 heavy (non-hydrogen) atoms. The van der Waals surface area contributed by atoms with Gasteiger partial charge in [0.1, 0.15) is 0 Å². The molecule has 5 heteroatoms. The van der Waals surface area contributed by atoms with Crippen molar-refractivity contribution >= 4 is 11.4 Å². The van der Waals surface area contributed by atoms with Gasteiger partial charge in [-0.05, 0) is 13.0 Å². The lowest BCUT2D eigenvalue weighted by atomic mass is 10.0. The van der Waals surface area contributed by atoms with Gasteiger partial charge in [-0.2, -0.15) is 0 Å². The first-order valence-corrected chi connectivity index (χ1v) is 4.61. The van der Waals surface area contributed by atoms with Crippen molar-refractivity contribution in [2.75, 3.05) is 0 Å². The lowest BCUT2D eigenvalue weighted by Crippen LogP contribution is -2.02. The third-order valence-electron chi connectivity index (χ3n) is 2.30. The highest BCUT2D eigenvalue weighted by atomic mass is 16.6. The van der Waals surface area contributed by atoms with Crippen LogP contribution in [-0.2, 0) is 4.84 Å². The van der Waals surface area contributed by atoms with Crippen LogP contribution in [0.3, 0.4) is 0 Å². The van der Waals surface area contributed by atoms with Crippen molar-refractivity contribution in [1.82, 2.24) is 0 Å². The van der Waals surface area contributed by atoms with Crippen molar-refractivity contribution in [3.8, 4) is 0 Å². The lowest BCUT2D eigenvalue weighted by Gasteiger charge is -2.08. The number of hydrogen-bond donors (Lipinski definition) is 0. The molecule has 2 rings (SSSR count). The number of hydrogen-bond acceptors (Lipinski definition) is 4. The molecule has 0 saturated heterocycles. The van der Waals surface area contributed by atoms with E-state index in [2.05, 4.69) is 5.16 Å². The van der Waals surface area contributed by atoms with Gasteiger partial charge in [0.2, 0.25) is 0 Å². The summed E-state index contributed by atoms with van der Waals surface area (Å²) in [6.07, 6.45) is 0.303. The monoisotopic (exact) mass is 206 g/mol. The van der Waals surface area contributed by atoms with E-state index < -0.39 is 4.92 Å². The van der Waals surface area contributed by atoms with Crippen LogP contribution in [-0.4, -0.2) is 10.6 Å². The van der Waals surface area contributed by atoms with Gasteiger partial charge in [-0.15, -0.1) is 0 Å². The molecule has 1 aliphatic heterocycles. The predicted molar refractivity (Wildman–Crippen MR) is 54.6 cm³/mol. The molecule has 1 heterocycles. The molecule has 1 unspecified atom stereocenters. The molecular formula is C10H10N2O3. The molecule has 1 aliphatic rings. The standard InChI is InChI=1S/C10H10N2O3/c1-7-6-10(15-11-7)8-4-2-3-5-9(8)12(13)14/h2-5,10H,6H2,1H3. The maximum absolute atomic E-state index is 10.8. The van der Waals surface area contributed by atoms with Gasteiger partial charge < -0.3 is 4.84 Å². The van der Waals surface area contributed by atoms with Gasteiger partial charge in [0.25, 0.3) is 5.69 Å². The largest absolute Gasteiger partial charge is 0.387 e. The summed E-state index contributed by atoms with van der Waals surface area (Å²) in [5.74, 6) is 0. The third kappa shape index (κ3) is 1.81. The highest BCUT2D eigenvalue weighted by molar-refractivity contribution is 5.83. The van der Waals surface area contributed by atoms with Crippen LogP contribution >= 0.6 is 0 Å². The molecule has 0 radical (unpaired) electrons. The molecule has 0 N–H and O–H groups in total. The smallest absolute Gasteiger partial charge is 0.276 e. The van der Waals surface area contributed by atoms with Gasteiger partial charge in [0, 0.05) is 12.5 Å². The van der Waals surface area contributed by atoms with E-state index in [0.29, 0.717) is 12.0 Å². The minimum Gasteiger partial charge on any atom is -0.387 e. The van der Waals surface area contributed by atoms with Crippen molar-refractivity contribution in [1.29, 1.82) is 0 Å². The van der Waals surface area contributed by atoms with E-state index in [4.69, 9.17) is 4.84 Å². The molecule has 1 aromatic carbocycles. The maximum Gasteiger partial charge on any atom is 0.276 e. The molecular weight excluding hydrogens is 196 g/mol. The highest BCUT2D eigenvalue weighted by Crippen LogP contribution is 2.32. The average Bonchev–Trinajstić information content (AvgIpc) is 2.65. The summed E-state index contributed by atoms with van der Waals surface area (Å²) in [4.78, 5) is 15.5. The lowest BCUT2D eigenvalue weighted by molar-refractivity contribution is -0.386. The number of nitro benzene ring substituents is 1. The van der Waals surface area contributed by atoms with Crippen LogP contribution in [0.5, 0.6) is 0 Å². The van der Waals surface area contributed by atoms with Crippen molar-refractivity contribution < 1.29 is 9.76 Å². The van der Waals surface area contributed by atoms with Crippen molar-refractivity contribution in [3.63, 3.8) is 0 Å². The Morgan fingerprint density at radius 3 is 2.87 bits per heavy atom. The molecule has 0 bridgehead atoms. The van der Waals surface area contributed by atoms with Crippen LogP contribution in [0.25, 0.3) is 0 Å². The fraction of sp³-hybridized carbons (Fsp3) is 0.300. The molecule has 78 valence electrons. The van der Waals surface area contributed by atoms with Crippen LogP contribution < -0.4 is 0 Å². The van der Waals surface area contributed by atoms with E-state index >= 15 is 0 Å². The summed E-state index contributed by atoms with van der Waals surface area (Å²) < 4.78 is 0. The molecule has 0 amide bonds. The Balaban J connectivity index is 2.32. The zero-order valence-corrected chi connectivity index (χ0v) is 8.21. The summed E-state index contributed by atoms with van der Waals surface area (Å²) in [5.41, 5.74) is 1.54. The molecule has 0 aliphatic carbocycles. The summed E-state index contributed by atoms with van der Waals surface area (Å²) in [6, 6.07) is 6.59. The van der Waals surface area contributed by atoms with Gasteiger partial charge >= 0.3 is 0 Å². The number of para-hydroxylation sites is 1. The van der Waals surface area contributed by atoms with E-state index in [-0.39, 0.29) is 11.8 Å². The van der Waals surface area contributed by atoms with Gasteiger partial charge in [-0.1, -0.05) is 17.3 Å². The zero-order valence-electron chi connectivity index (χ0n) is 8.21. The second kappa shape index (κ2) is 3.68. The first kappa shape index (κ1) is 9.64. The molecule has 1 atom stereocenters. The summed E-state index contributed by atoms with van der Waals surface area (Å²) in [5, 5.41) is 14.6. The minimum atomic E-state index is -0.396. The van der Waals surface area contributed by atoms with Crippen LogP contribution in [0.15, 0.2) is 29.4 Å². The highest BCUT2D eigenvalue weighted by Gasteiger charge is 2.27. The Bertz CT molecular complexity index is 428. The summed E-state index contributed by atoms with van der Waals surface area (Å²) in [7, 11) is 0. The number of oxime groups is 1. The topological polar surface area (TPSA) is 64.7 Å². The second-order valence-corrected chi connectivity index (χ2v) is 3.44. The van der Waals surface area contributed by atoms with Gasteiger partial charge in [0.15, 0.2) is 6.10 Å². The van der Waals surface area contributed by atoms with Crippen molar-refractivity contribution in [3.05, 3.63) is 39.9 Å². The third-order valence-corrected chi connectivity index (χ3v) is 2.30. The second-order valence-electron chi connectivity index (χ2n) is 3.44. The Kier molecular flexibility index (Phi) is 2.37. The minimum absolute atomic E-state index is 0.0902. The number of benzene rings is 1. The quantitative estimate of drug-likeness (QED) is 0.551. The van der Waals surface area contributed by atoms with Crippen LogP contribution in [0.1, 0.15) is 25.0 Å². The SMILES string of the molecule is CC1=NOC(c2ccccc2[N+](=O)[O-])C1. The zero-order chi connectivity index (χ0) is 10.8. The van der Waals surface area contributed by atoms with Crippen LogP contribution in [0, 0.1) is 10.1 Å². The van der Waals surface area contributed by atoms with E-state index in [9.17, 15) is 10.1 Å². The molecule has 0 spiro atoms. The molecule has 0 fully saturated rings. The number of nitro groups is 1.